The minimum atomic E-state index is 0.467. The van der Waals surface area contributed by atoms with Crippen molar-refractivity contribution in [1.29, 1.82) is 0 Å². The largest absolute Gasteiger partial charge is 0.144 e. The van der Waals surface area contributed by atoms with Crippen molar-refractivity contribution in [3.8, 4) is 0 Å². The van der Waals surface area contributed by atoms with Crippen LogP contribution in [0, 0.1) is 0 Å². The first-order chi connectivity index (χ1) is 2.81. The van der Waals surface area contributed by atoms with Crippen molar-refractivity contribution in [3.05, 3.63) is 0 Å². The third kappa shape index (κ3) is 3.22. The van der Waals surface area contributed by atoms with Crippen molar-refractivity contribution in [2.75, 3.05) is 0 Å². The SMILES string of the molecule is S=PN(Cl)NCl. The lowest BCUT2D eigenvalue weighted by molar-refractivity contribution is 0.701. The van der Waals surface area contributed by atoms with Crippen LogP contribution in [-0.2, 0) is 11.8 Å². The summed E-state index contributed by atoms with van der Waals surface area (Å²) in [5.74, 6) is 0. The molecule has 2 nitrogen and oxygen atoms in total. The van der Waals surface area contributed by atoms with E-state index in [2.05, 4.69) is 16.8 Å². The first kappa shape index (κ1) is 7.02. The molecule has 0 atom stereocenters. The third-order valence-corrected chi connectivity index (χ3v) is 1.83. The first-order valence-electron chi connectivity index (χ1n) is 0.964. The molecule has 0 heterocycles. The molecule has 0 aromatic carbocycles. The normalized spacial score (nSPS) is 10.5. The Labute approximate surface area is 52.5 Å². The van der Waals surface area contributed by atoms with Crippen molar-refractivity contribution in [1.82, 2.24) is 9.24 Å². The molecule has 6 heavy (non-hydrogen) atoms. The maximum atomic E-state index is 5.12. The summed E-state index contributed by atoms with van der Waals surface area (Å²) in [4.78, 5) is 2.07. The number of hydrazine groups is 1. The zero-order valence-electron chi connectivity index (χ0n) is 2.56. The first-order valence-corrected chi connectivity index (χ1v) is 3.54. The predicted octanol–water partition coefficient (Wildman–Crippen LogP) is 1.42. The van der Waals surface area contributed by atoms with Gasteiger partial charge in [-0.15, -0.1) is 4.94 Å². The molecule has 0 amide bonds. The van der Waals surface area contributed by atoms with E-state index < -0.39 is 0 Å². The fourth-order valence-corrected chi connectivity index (χ4v) is 0.417. The van der Waals surface area contributed by atoms with Gasteiger partial charge in [0.05, 0.1) is 7.51 Å². The van der Waals surface area contributed by atoms with Gasteiger partial charge in [-0.05, 0) is 23.6 Å². The van der Waals surface area contributed by atoms with Gasteiger partial charge < -0.3 is 0 Å². The molecule has 0 spiro atoms. The van der Waals surface area contributed by atoms with E-state index in [4.69, 9.17) is 23.6 Å². The lowest BCUT2D eigenvalue weighted by Crippen LogP contribution is -2.06. The monoisotopic (exact) mass is 162 g/mol. The zero-order valence-corrected chi connectivity index (χ0v) is 5.78. The number of hydrogen-bond acceptors (Lipinski definition) is 2. The summed E-state index contributed by atoms with van der Waals surface area (Å²) >= 11 is 14.4. The Bertz CT molecular complexity index is 48.8. The van der Waals surface area contributed by atoms with Crippen LogP contribution in [0.15, 0.2) is 0 Å². The second-order valence-electron chi connectivity index (χ2n) is 0.426. The van der Waals surface area contributed by atoms with Crippen LogP contribution < -0.4 is 4.94 Å². The van der Waals surface area contributed by atoms with E-state index in [1.165, 1.54) is 0 Å². The number of hydrogen-bond donors (Lipinski definition) is 1. The standard InChI is InChI=1S/Cl2HN2PS/c1-3-4(2)5-6/h3H. The molecular formula is HCl2N2PS. The van der Waals surface area contributed by atoms with Gasteiger partial charge in [0.15, 0.2) is 0 Å². The molecule has 0 aliphatic heterocycles. The maximum Gasteiger partial charge on any atom is 0.0958 e. The van der Waals surface area contributed by atoms with Gasteiger partial charge >= 0.3 is 0 Å². The molecule has 0 saturated heterocycles. The van der Waals surface area contributed by atoms with Crippen molar-refractivity contribution >= 4 is 42.9 Å². The lowest BCUT2D eigenvalue weighted by atomic mass is 12.9. The summed E-state index contributed by atoms with van der Waals surface area (Å²) < 4.78 is 1.02. The minimum absolute atomic E-state index is 0.467. The Kier molecular flexibility index (Phi) is 4.90. The zero-order chi connectivity index (χ0) is 4.99. The molecule has 0 aromatic rings. The van der Waals surface area contributed by atoms with E-state index in [1.54, 1.807) is 0 Å². The summed E-state index contributed by atoms with van der Waals surface area (Å²) in [6.45, 7) is 0. The Hall–Kier alpha value is 1.02. The Morgan fingerprint density at radius 2 is 2.33 bits per heavy atom. The van der Waals surface area contributed by atoms with Crippen LogP contribution in [0.25, 0.3) is 0 Å². The Morgan fingerprint density at radius 1 is 1.83 bits per heavy atom. The van der Waals surface area contributed by atoms with Gasteiger partial charge in [0.1, 0.15) is 0 Å². The topological polar surface area (TPSA) is 15.3 Å². The number of nitrogens with zero attached hydrogens (tertiary/aromatic N) is 1. The summed E-state index contributed by atoms with van der Waals surface area (Å²) in [5, 5.41) is 0. The average Bonchev–Trinajstić information content (AvgIpc) is 1.65. The van der Waals surface area contributed by atoms with Gasteiger partial charge in [0.25, 0.3) is 0 Å². The van der Waals surface area contributed by atoms with Crippen LogP contribution in [-0.4, -0.2) is 4.30 Å². The average molecular weight is 163 g/mol. The van der Waals surface area contributed by atoms with Crippen LogP contribution >= 0.6 is 31.1 Å². The summed E-state index contributed by atoms with van der Waals surface area (Å²) in [6, 6.07) is 0. The number of nitrogens with one attached hydrogen (secondary N) is 1. The smallest absolute Gasteiger partial charge is 0.0958 e. The molecule has 0 saturated carbocycles. The van der Waals surface area contributed by atoms with Crippen molar-refractivity contribution < 1.29 is 0 Å². The third-order valence-electron chi connectivity index (χ3n) is 0.141. The molecule has 0 radical (unpaired) electrons. The van der Waals surface area contributed by atoms with E-state index in [0.717, 1.165) is 4.30 Å². The highest BCUT2D eigenvalue weighted by Crippen LogP contribution is 2.03. The van der Waals surface area contributed by atoms with Crippen LogP contribution in [0.5, 0.6) is 0 Å². The molecule has 0 bridgehead atoms. The van der Waals surface area contributed by atoms with Gasteiger partial charge in [-0.1, -0.05) is 4.30 Å². The van der Waals surface area contributed by atoms with Crippen molar-refractivity contribution in [2.24, 2.45) is 0 Å². The van der Waals surface area contributed by atoms with E-state index in [9.17, 15) is 0 Å². The van der Waals surface area contributed by atoms with Crippen LogP contribution in [0.4, 0.5) is 0 Å². The molecule has 0 fully saturated rings. The molecule has 0 unspecified atom stereocenters. The highest BCUT2D eigenvalue weighted by Gasteiger charge is 1.84. The summed E-state index contributed by atoms with van der Waals surface area (Å²) in [6.07, 6.45) is 0. The molecular weight excluding hydrogens is 162 g/mol. The molecule has 0 aliphatic rings. The second kappa shape index (κ2) is 4.19. The Balaban J connectivity index is 2.96. The molecule has 0 rings (SSSR count). The fourth-order valence-electron chi connectivity index (χ4n) is 0.0154. The molecule has 0 aromatic heterocycles. The molecule has 0 aliphatic carbocycles. The lowest BCUT2D eigenvalue weighted by Gasteiger charge is -1.94. The van der Waals surface area contributed by atoms with Gasteiger partial charge in [0, 0.05) is 11.8 Å². The fraction of sp³-hybridized carbons (Fsp3) is 0. The van der Waals surface area contributed by atoms with Gasteiger partial charge in [-0.2, -0.15) is 0 Å². The van der Waals surface area contributed by atoms with Crippen molar-refractivity contribution in [3.63, 3.8) is 0 Å². The minimum Gasteiger partial charge on any atom is -0.144 e. The highest BCUT2D eigenvalue weighted by molar-refractivity contribution is 7.95. The molecule has 6 heteroatoms. The summed E-state index contributed by atoms with van der Waals surface area (Å²) in [7, 11) is 0.467. The highest BCUT2D eigenvalue weighted by atomic mass is 35.5. The number of rotatable bonds is 2. The molecule has 36 valence electrons. The van der Waals surface area contributed by atoms with E-state index in [-0.39, 0.29) is 0 Å². The summed E-state index contributed by atoms with van der Waals surface area (Å²) in [5.41, 5.74) is 0. The maximum absolute atomic E-state index is 5.12. The van der Waals surface area contributed by atoms with Crippen LogP contribution in [0.1, 0.15) is 0 Å². The van der Waals surface area contributed by atoms with Gasteiger partial charge in [-0.3, -0.25) is 0 Å². The van der Waals surface area contributed by atoms with E-state index in [0.29, 0.717) is 7.51 Å². The predicted molar refractivity (Wildman–Crippen MR) is 31.0 cm³/mol. The van der Waals surface area contributed by atoms with E-state index in [1.807, 2.05) is 0 Å². The van der Waals surface area contributed by atoms with Crippen LogP contribution in [0.2, 0.25) is 0 Å². The van der Waals surface area contributed by atoms with Crippen LogP contribution in [0.3, 0.4) is 0 Å². The van der Waals surface area contributed by atoms with E-state index >= 15 is 0 Å². The molecule has 1 N–H and O–H groups in total. The van der Waals surface area contributed by atoms with Gasteiger partial charge in [0.2, 0.25) is 0 Å². The van der Waals surface area contributed by atoms with Crippen molar-refractivity contribution in [2.45, 2.75) is 0 Å². The second-order valence-corrected chi connectivity index (χ2v) is 2.22. The van der Waals surface area contributed by atoms with Gasteiger partial charge in [-0.25, -0.2) is 0 Å². The Morgan fingerprint density at radius 3 is 2.33 bits per heavy atom. The number of halogens is 2. The quantitative estimate of drug-likeness (QED) is 0.376.